The van der Waals surface area contributed by atoms with Crippen LogP contribution in [0.2, 0.25) is 0 Å². The van der Waals surface area contributed by atoms with Gasteiger partial charge in [-0.15, -0.1) is 0 Å². The second-order valence-corrected chi connectivity index (χ2v) is 4.19. The van der Waals surface area contributed by atoms with Crippen molar-refractivity contribution in [3.8, 4) is 0 Å². The lowest BCUT2D eigenvalue weighted by atomic mass is 10.1. The van der Waals surface area contributed by atoms with Gasteiger partial charge in [0.1, 0.15) is 0 Å². The van der Waals surface area contributed by atoms with Gasteiger partial charge in [0.2, 0.25) is 0 Å². The van der Waals surface area contributed by atoms with Crippen LogP contribution in [0, 0.1) is 0 Å². The number of hydrogen-bond donors (Lipinski definition) is 1. The van der Waals surface area contributed by atoms with Gasteiger partial charge < -0.3 is 4.98 Å². The number of nitrogens with one attached hydrogen (secondary N) is 1. The largest absolute Gasteiger partial charge is 0.354 e. The molecule has 0 amide bonds. The van der Waals surface area contributed by atoms with E-state index in [-0.39, 0.29) is 5.43 Å². The first-order valence-electron chi connectivity index (χ1n) is 5.84. The summed E-state index contributed by atoms with van der Waals surface area (Å²) < 4.78 is 0. The molecule has 0 aliphatic carbocycles. The van der Waals surface area contributed by atoms with Crippen molar-refractivity contribution in [2.75, 3.05) is 0 Å². The summed E-state index contributed by atoms with van der Waals surface area (Å²) in [6.45, 7) is 2.10. The highest BCUT2D eigenvalue weighted by atomic mass is 16.1. The summed E-state index contributed by atoms with van der Waals surface area (Å²) in [5.74, 6) is 0. The van der Waals surface area contributed by atoms with E-state index in [2.05, 4.69) is 18.0 Å². The zero-order valence-electron chi connectivity index (χ0n) is 9.66. The van der Waals surface area contributed by atoms with E-state index >= 15 is 0 Å². The molecule has 0 saturated carbocycles. The van der Waals surface area contributed by atoms with E-state index in [1.807, 2.05) is 36.4 Å². The third-order valence-electron chi connectivity index (χ3n) is 3.21. The van der Waals surface area contributed by atoms with Crippen LogP contribution >= 0.6 is 0 Å². The molecule has 2 heteroatoms. The van der Waals surface area contributed by atoms with Crippen LogP contribution in [0.5, 0.6) is 0 Å². The minimum Gasteiger partial charge on any atom is -0.354 e. The highest BCUT2D eigenvalue weighted by Crippen LogP contribution is 2.18. The van der Waals surface area contributed by atoms with E-state index in [4.69, 9.17) is 0 Å². The van der Waals surface area contributed by atoms with Gasteiger partial charge >= 0.3 is 0 Å². The van der Waals surface area contributed by atoms with Gasteiger partial charge in [-0.3, -0.25) is 4.79 Å². The summed E-state index contributed by atoms with van der Waals surface area (Å²) in [6.07, 6.45) is 0.922. The normalized spacial score (nSPS) is 11.1. The fourth-order valence-electron chi connectivity index (χ4n) is 2.30. The standard InChI is InChI=1S/C15H13NO/c1-2-10-6-5-8-12-14(10)16-13-9-4-3-7-11(13)15(12)17/h3-9H,2H2,1H3,(H,16,17). The predicted molar refractivity (Wildman–Crippen MR) is 71.5 cm³/mol. The Labute approximate surface area is 98.9 Å². The molecule has 3 rings (SSSR count). The molecule has 1 N–H and O–H groups in total. The van der Waals surface area contributed by atoms with Crippen molar-refractivity contribution in [3.63, 3.8) is 0 Å². The molecule has 0 saturated heterocycles. The number of benzene rings is 2. The summed E-state index contributed by atoms with van der Waals surface area (Å²) in [6, 6.07) is 13.6. The first kappa shape index (κ1) is 10.1. The minimum atomic E-state index is 0.115. The van der Waals surface area contributed by atoms with E-state index in [0.717, 1.165) is 28.2 Å². The quantitative estimate of drug-likeness (QED) is 0.631. The first-order chi connectivity index (χ1) is 8.31. The summed E-state index contributed by atoms with van der Waals surface area (Å²) in [7, 11) is 0. The van der Waals surface area contributed by atoms with Crippen LogP contribution in [0.3, 0.4) is 0 Å². The van der Waals surface area contributed by atoms with Gasteiger partial charge in [0, 0.05) is 16.3 Å². The average molecular weight is 223 g/mol. The zero-order valence-corrected chi connectivity index (χ0v) is 9.66. The van der Waals surface area contributed by atoms with Gasteiger partial charge in [-0.25, -0.2) is 0 Å². The molecule has 84 valence electrons. The molecule has 2 aromatic carbocycles. The Balaban J connectivity index is 2.59. The fourth-order valence-corrected chi connectivity index (χ4v) is 2.30. The van der Waals surface area contributed by atoms with Gasteiger partial charge in [-0.05, 0) is 30.2 Å². The van der Waals surface area contributed by atoms with E-state index in [1.165, 1.54) is 5.56 Å². The SMILES string of the molecule is CCc1cccc2c(=O)c3ccccc3[nH]c12. The van der Waals surface area contributed by atoms with Crippen LogP contribution < -0.4 is 5.43 Å². The Kier molecular flexibility index (Phi) is 2.22. The van der Waals surface area contributed by atoms with Crippen LogP contribution in [0.15, 0.2) is 47.3 Å². The predicted octanol–water partition coefficient (Wildman–Crippen LogP) is 3.24. The Bertz CT molecular complexity index is 756. The molecule has 0 unspecified atom stereocenters. The molecule has 0 aliphatic rings. The van der Waals surface area contributed by atoms with Gasteiger partial charge in [0.25, 0.3) is 0 Å². The van der Waals surface area contributed by atoms with Gasteiger partial charge in [0.15, 0.2) is 5.43 Å². The van der Waals surface area contributed by atoms with Crippen molar-refractivity contribution in [2.24, 2.45) is 0 Å². The minimum absolute atomic E-state index is 0.115. The maximum absolute atomic E-state index is 12.3. The number of rotatable bonds is 1. The second kappa shape index (κ2) is 3.74. The van der Waals surface area contributed by atoms with Crippen molar-refractivity contribution in [3.05, 3.63) is 58.3 Å². The fraction of sp³-hybridized carbons (Fsp3) is 0.133. The molecule has 0 atom stereocenters. The summed E-state index contributed by atoms with van der Waals surface area (Å²) in [5, 5.41) is 1.54. The Morgan fingerprint density at radius 3 is 2.59 bits per heavy atom. The highest BCUT2D eigenvalue weighted by molar-refractivity contribution is 5.93. The summed E-state index contributed by atoms with van der Waals surface area (Å²) in [5.41, 5.74) is 3.18. The first-order valence-corrected chi connectivity index (χ1v) is 5.84. The Morgan fingerprint density at radius 2 is 1.76 bits per heavy atom. The van der Waals surface area contributed by atoms with Crippen LogP contribution in [-0.4, -0.2) is 4.98 Å². The second-order valence-electron chi connectivity index (χ2n) is 4.19. The third kappa shape index (κ3) is 1.45. The molecular formula is C15H13NO. The molecule has 0 bridgehead atoms. The van der Waals surface area contributed by atoms with Gasteiger partial charge in [-0.1, -0.05) is 31.2 Å². The van der Waals surface area contributed by atoms with E-state index in [1.54, 1.807) is 0 Å². The molecule has 0 spiro atoms. The third-order valence-corrected chi connectivity index (χ3v) is 3.21. The van der Waals surface area contributed by atoms with Crippen molar-refractivity contribution >= 4 is 21.8 Å². The molecule has 3 aromatic rings. The number of aromatic amines is 1. The number of H-pyrrole nitrogens is 1. The van der Waals surface area contributed by atoms with E-state index < -0.39 is 0 Å². The summed E-state index contributed by atoms with van der Waals surface area (Å²) in [4.78, 5) is 15.7. The van der Waals surface area contributed by atoms with Gasteiger partial charge in [-0.2, -0.15) is 0 Å². The number of fused-ring (bicyclic) bond motifs is 2. The molecule has 2 nitrogen and oxygen atoms in total. The van der Waals surface area contributed by atoms with Crippen LogP contribution in [0.4, 0.5) is 0 Å². The van der Waals surface area contributed by atoms with Crippen molar-refractivity contribution in [1.29, 1.82) is 0 Å². The number of para-hydroxylation sites is 2. The van der Waals surface area contributed by atoms with Crippen molar-refractivity contribution < 1.29 is 0 Å². The number of pyridine rings is 1. The van der Waals surface area contributed by atoms with Gasteiger partial charge in [0.05, 0.1) is 5.52 Å². The molecular weight excluding hydrogens is 210 g/mol. The smallest absolute Gasteiger partial charge is 0.197 e. The maximum Gasteiger partial charge on any atom is 0.197 e. The molecule has 17 heavy (non-hydrogen) atoms. The number of hydrogen-bond acceptors (Lipinski definition) is 1. The van der Waals surface area contributed by atoms with Crippen molar-refractivity contribution in [2.45, 2.75) is 13.3 Å². The molecule has 0 fully saturated rings. The topological polar surface area (TPSA) is 32.9 Å². The van der Waals surface area contributed by atoms with Crippen LogP contribution in [0.25, 0.3) is 21.8 Å². The molecule has 0 aliphatic heterocycles. The number of aryl methyl sites for hydroxylation is 1. The monoisotopic (exact) mass is 223 g/mol. The maximum atomic E-state index is 12.3. The Hall–Kier alpha value is -2.09. The van der Waals surface area contributed by atoms with Crippen molar-refractivity contribution in [1.82, 2.24) is 4.98 Å². The highest BCUT2D eigenvalue weighted by Gasteiger charge is 2.06. The lowest BCUT2D eigenvalue weighted by Gasteiger charge is -2.06. The van der Waals surface area contributed by atoms with E-state index in [0.29, 0.717) is 0 Å². The lowest BCUT2D eigenvalue weighted by Crippen LogP contribution is -2.05. The van der Waals surface area contributed by atoms with Crippen LogP contribution in [0.1, 0.15) is 12.5 Å². The number of aromatic nitrogens is 1. The van der Waals surface area contributed by atoms with Crippen LogP contribution in [-0.2, 0) is 6.42 Å². The molecule has 0 radical (unpaired) electrons. The zero-order chi connectivity index (χ0) is 11.8. The molecule has 1 heterocycles. The average Bonchev–Trinajstić information content (AvgIpc) is 2.38. The molecule has 1 aromatic heterocycles. The lowest BCUT2D eigenvalue weighted by molar-refractivity contribution is 1.15. The summed E-state index contributed by atoms with van der Waals surface area (Å²) >= 11 is 0. The Morgan fingerprint density at radius 1 is 1.00 bits per heavy atom. The van der Waals surface area contributed by atoms with E-state index in [9.17, 15) is 4.79 Å².